The Labute approximate surface area is 70.5 Å². The van der Waals surface area contributed by atoms with Gasteiger partial charge < -0.3 is 0 Å². The van der Waals surface area contributed by atoms with E-state index >= 15 is 0 Å². The van der Waals surface area contributed by atoms with Crippen LogP contribution in [0.3, 0.4) is 0 Å². The molecule has 2 atom stereocenters. The molecule has 0 spiro atoms. The monoisotopic (exact) mass is 186 g/mol. The lowest BCUT2D eigenvalue weighted by molar-refractivity contribution is 0.559. The topological polar surface area (TPSA) is 0 Å². The van der Waals surface area contributed by atoms with Crippen molar-refractivity contribution in [3.05, 3.63) is 0 Å². The van der Waals surface area contributed by atoms with E-state index in [0.717, 1.165) is 0 Å². The normalized spacial score (nSPS) is 39.3. The highest BCUT2D eigenvalue weighted by Crippen LogP contribution is 2.60. The number of alkyl halides is 3. The van der Waals surface area contributed by atoms with Gasteiger partial charge in [0.2, 0.25) is 0 Å². The zero-order valence-electron chi connectivity index (χ0n) is 5.37. The molecule has 0 bridgehead atoms. The van der Waals surface area contributed by atoms with Crippen LogP contribution < -0.4 is 0 Å². The van der Waals surface area contributed by atoms with Crippen LogP contribution in [-0.4, -0.2) is 9.71 Å². The quantitative estimate of drug-likeness (QED) is 0.554. The fourth-order valence-corrected chi connectivity index (χ4v) is 2.69. The second-order valence-corrected chi connectivity index (χ2v) is 4.76. The van der Waals surface area contributed by atoms with E-state index in [4.69, 9.17) is 34.8 Å². The molecule has 0 aromatic heterocycles. The van der Waals surface area contributed by atoms with Crippen LogP contribution in [0.15, 0.2) is 0 Å². The molecule has 0 aromatic rings. The molecular weight excluding hydrogens is 178 g/mol. The molecule has 0 radical (unpaired) electrons. The van der Waals surface area contributed by atoms with Gasteiger partial charge in [0.05, 0.1) is 5.38 Å². The highest BCUT2D eigenvalue weighted by Gasteiger charge is 2.63. The van der Waals surface area contributed by atoms with Crippen LogP contribution in [0.5, 0.6) is 0 Å². The van der Waals surface area contributed by atoms with Gasteiger partial charge in [-0.3, -0.25) is 0 Å². The van der Waals surface area contributed by atoms with Crippen molar-refractivity contribution in [2.45, 2.75) is 23.6 Å². The molecule has 0 amide bonds. The first-order valence-electron chi connectivity index (χ1n) is 2.99. The Morgan fingerprint density at radius 3 is 1.67 bits per heavy atom. The van der Waals surface area contributed by atoms with E-state index in [0.29, 0.717) is 5.92 Å². The van der Waals surface area contributed by atoms with Gasteiger partial charge in [-0.2, -0.15) is 0 Å². The highest BCUT2D eigenvalue weighted by atomic mass is 35.5. The van der Waals surface area contributed by atoms with E-state index in [2.05, 4.69) is 13.8 Å². The smallest absolute Gasteiger partial charge is 0.119 e. The molecule has 3 heteroatoms. The van der Waals surface area contributed by atoms with Gasteiger partial charge >= 0.3 is 0 Å². The second kappa shape index (κ2) is 2.18. The molecule has 9 heavy (non-hydrogen) atoms. The van der Waals surface area contributed by atoms with Gasteiger partial charge in [0.15, 0.2) is 0 Å². The maximum absolute atomic E-state index is 5.79. The Kier molecular flexibility index (Phi) is 1.93. The SMILES string of the molecule is CC(C)C1C(Cl)C1(Cl)Cl. The first kappa shape index (κ1) is 7.97. The van der Waals surface area contributed by atoms with Crippen molar-refractivity contribution in [2.24, 2.45) is 11.8 Å². The summed E-state index contributed by atoms with van der Waals surface area (Å²) in [6.45, 7) is 4.15. The summed E-state index contributed by atoms with van der Waals surface area (Å²) < 4.78 is -0.643. The van der Waals surface area contributed by atoms with Crippen molar-refractivity contribution < 1.29 is 0 Å². The number of hydrogen-bond acceptors (Lipinski definition) is 0. The van der Waals surface area contributed by atoms with Crippen molar-refractivity contribution in [1.29, 1.82) is 0 Å². The Hall–Kier alpha value is 0.870. The van der Waals surface area contributed by atoms with Crippen molar-refractivity contribution >= 4 is 34.8 Å². The molecule has 0 aromatic carbocycles. The molecule has 1 saturated carbocycles. The summed E-state index contributed by atoms with van der Waals surface area (Å²) in [7, 11) is 0. The molecule has 1 aliphatic rings. The van der Waals surface area contributed by atoms with Crippen molar-refractivity contribution in [3.63, 3.8) is 0 Å². The molecule has 0 aliphatic heterocycles. The summed E-state index contributed by atoms with van der Waals surface area (Å²) in [6, 6.07) is 0. The predicted octanol–water partition coefficient (Wildman–Crippen LogP) is 3.05. The van der Waals surface area contributed by atoms with Gasteiger partial charge in [0.1, 0.15) is 4.33 Å². The number of rotatable bonds is 1. The first-order chi connectivity index (χ1) is 3.98. The lowest BCUT2D eigenvalue weighted by Gasteiger charge is -2.00. The van der Waals surface area contributed by atoms with E-state index in [1.807, 2.05) is 0 Å². The van der Waals surface area contributed by atoms with Gasteiger partial charge in [0, 0.05) is 5.92 Å². The fourth-order valence-electron chi connectivity index (χ4n) is 1.09. The molecule has 1 aliphatic carbocycles. The van der Waals surface area contributed by atoms with Crippen molar-refractivity contribution in [2.75, 3.05) is 0 Å². The maximum atomic E-state index is 5.79. The molecule has 1 fully saturated rings. The lowest BCUT2D eigenvalue weighted by atomic mass is 10.1. The summed E-state index contributed by atoms with van der Waals surface area (Å²) in [5.74, 6) is 0.769. The molecule has 0 N–H and O–H groups in total. The summed E-state index contributed by atoms with van der Waals surface area (Å²) in [5.41, 5.74) is 0. The van der Waals surface area contributed by atoms with Crippen LogP contribution >= 0.6 is 34.8 Å². The molecule has 2 unspecified atom stereocenters. The minimum absolute atomic E-state index is 0.0409. The van der Waals surface area contributed by atoms with Gasteiger partial charge in [-0.05, 0) is 5.92 Å². The first-order valence-corrected chi connectivity index (χ1v) is 4.19. The minimum Gasteiger partial charge on any atom is -0.119 e. The Bertz CT molecular complexity index is 119. The predicted molar refractivity (Wildman–Crippen MR) is 42.4 cm³/mol. The van der Waals surface area contributed by atoms with Crippen LogP contribution in [0.1, 0.15) is 13.8 Å². The Balaban J connectivity index is 2.52. The Morgan fingerprint density at radius 2 is 1.67 bits per heavy atom. The minimum atomic E-state index is -0.643. The maximum Gasteiger partial charge on any atom is 0.139 e. The average molecular weight is 187 g/mol. The van der Waals surface area contributed by atoms with Crippen LogP contribution in [0.2, 0.25) is 0 Å². The zero-order valence-corrected chi connectivity index (χ0v) is 7.63. The number of hydrogen-bond donors (Lipinski definition) is 0. The van der Waals surface area contributed by atoms with E-state index in [1.165, 1.54) is 0 Å². The van der Waals surface area contributed by atoms with Crippen molar-refractivity contribution in [1.82, 2.24) is 0 Å². The molecule has 1 rings (SSSR count). The molecule has 0 heterocycles. The van der Waals surface area contributed by atoms with Gasteiger partial charge in [-0.25, -0.2) is 0 Å². The third-order valence-electron chi connectivity index (χ3n) is 1.74. The van der Waals surface area contributed by atoms with Gasteiger partial charge in [0.25, 0.3) is 0 Å². The van der Waals surface area contributed by atoms with Crippen LogP contribution in [0.25, 0.3) is 0 Å². The van der Waals surface area contributed by atoms with Crippen LogP contribution in [-0.2, 0) is 0 Å². The second-order valence-electron chi connectivity index (χ2n) is 2.85. The van der Waals surface area contributed by atoms with E-state index in [1.54, 1.807) is 0 Å². The molecular formula is C6H9Cl3. The highest BCUT2D eigenvalue weighted by molar-refractivity contribution is 6.56. The molecule has 0 saturated heterocycles. The van der Waals surface area contributed by atoms with Crippen LogP contribution in [0.4, 0.5) is 0 Å². The lowest BCUT2D eigenvalue weighted by Crippen LogP contribution is -1.97. The van der Waals surface area contributed by atoms with E-state index < -0.39 is 4.33 Å². The standard InChI is InChI=1S/C6H9Cl3/c1-3(2)4-5(7)6(4,8)9/h3-5H,1-2H3. The van der Waals surface area contributed by atoms with E-state index in [9.17, 15) is 0 Å². The Morgan fingerprint density at radius 1 is 1.33 bits per heavy atom. The van der Waals surface area contributed by atoms with Gasteiger partial charge in [-0.1, -0.05) is 37.0 Å². The van der Waals surface area contributed by atoms with Crippen molar-refractivity contribution in [3.8, 4) is 0 Å². The summed E-state index contributed by atoms with van der Waals surface area (Å²) in [4.78, 5) is 0. The summed E-state index contributed by atoms with van der Waals surface area (Å²) in [5, 5.41) is -0.0409. The third-order valence-corrected chi connectivity index (χ3v) is 3.55. The number of halogens is 3. The van der Waals surface area contributed by atoms with Gasteiger partial charge in [-0.15, -0.1) is 11.6 Å². The molecule has 0 nitrogen and oxygen atoms in total. The average Bonchev–Trinajstić information content (AvgIpc) is 2.07. The fraction of sp³-hybridized carbons (Fsp3) is 1.00. The van der Waals surface area contributed by atoms with Crippen LogP contribution in [0, 0.1) is 11.8 Å². The zero-order chi connectivity index (χ0) is 7.23. The molecule has 54 valence electrons. The van der Waals surface area contributed by atoms with E-state index in [-0.39, 0.29) is 11.3 Å². The third kappa shape index (κ3) is 1.18. The summed E-state index contributed by atoms with van der Waals surface area (Å²) in [6.07, 6.45) is 0. The summed E-state index contributed by atoms with van der Waals surface area (Å²) >= 11 is 17.3. The largest absolute Gasteiger partial charge is 0.139 e.